The number of carboxylic acids is 1. The molecule has 6 N–H and O–H groups in total. The Hall–Kier alpha value is -1.70. The lowest BCUT2D eigenvalue weighted by Gasteiger charge is -2.21. The molecule has 118 valence electrons. The predicted molar refractivity (Wildman–Crippen MR) is 78.0 cm³/mol. The number of nitrogens with zero attached hydrogens (tertiary/aromatic N) is 1. The van der Waals surface area contributed by atoms with Gasteiger partial charge in [0.25, 0.3) is 0 Å². The molecular formula is C11H23ClN4O4. The van der Waals surface area contributed by atoms with Crippen molar-refractivity contribution in [3.05, 3.63) is 0 Å². The molecule has 0 radical (unpaired) electrons. The lowest BCUT2D eigenvalue weighted by molar-refractivity contribution is -0.139. The summed E-state index contributed by atoms with van der Waals surface area (Å²) in [6.07, 6.45) is -0.113. The second-order valence-corrected chi connectivity index (χ2v) is 4.99. The van der Waals surface area contributed by atoms with Gasteiger partial charge in [-0.25, -0.2) is 9.59 Å². The Labute approximate surface area is 124 Å². The van der Waals surface area contributed by atoms with Gasteiger partial charge in [0, 0.05) is 6.54 Å². The van der Waals surface area contributed by atoms with Crippen LogP contribution in [0.3, 0.4) is 0 Å². The highest BCUT2D eigenvalue weighted by molar-refractivity contribution is 5.85. The zero-order valence-electron chi connectivity index (χ0n) is 11.9. The number of carbonyl (C=O) groups excluding carboxylic acids is 1. The number of carboxylic acid groups (broad SMARTS) is 1. The van der Waals surface area contributed by atoms with Crippen LogP contribution in [0.4, 0.5) is 4.79 Å². The van der Waals surface area contributed by atoms with E-state index >= 15 is 0 Å². The monoisotopic (exact) mass is 310 g/mol. The van der Waals surface area contributed by atoms with E-state index in [2.05, 4.69) is 10.3 Å². The molecule has 0 aromatic heterocycles. The lowest BCUT2D eigenvalue weighted by Crippen LogP contribution is -2.43. The van der Waals surface area contributed by atoms with Crippen LogP contribution in [0.15, 0.2) is 4.99 Å². The molecule has 0 spiro atoms. The minimum atomic E-state index is -1.13. The van der Waals surface area contributed by atoms with Crippen molar-refractivity contribution >= 4 is 30.4 Å². The number of aliphatic carboxylic acids is 1. The number of nitrogens with one attached hydrogen (secondary N) is 1. The summed E-state index contributed by atoms with van der Waals surface area (Å²) in [5.41, 5.74) is 9.61. The van der Waals surface area contributed by atoms with Gasteiger partial charge in [-0.2, -0.15) is 0 Å². The van der Waals surface area contributed by atoms with Crippen molar-refractivity contribution in [1.29, 1.82) is 0 Å². The number of nitrogens with two attached hydrogens (primary N) is 2. The number of ether oxygens (including phenoxy) is 1. The summed E-state index contributed by atoms with van der Waals surface area (Å²) in [4.78, 5) is 26.2. The highest BCUT2D eigenvalue weighted by atomic mass is 35.5. The van der Waals surface area contributed by atoms with E-state index in [1.54, 1.807) is 20.8 Å². The Bertz CT molecular complexity index is 351. The summed E-state index contributed by atoms with van der Waals surface area (Å²) < 4.78 is 4.98. The minimum absolute atomic E-state index is 0. The van der Waals surface area contributed by atoms with Crippen molar-refractivity contribution in [3.8, 4) is 0 Å². The molecule has 0 heterocycles. The zero-order valence-corrected chi connectivity index (χ0v) is 12.7. The largest absolute Gasteiger partial charge is 0.480 e. The van der Waals surface area contributed by atoms with Crippen molar-refractivity contribution in [2.45, 2.75) is 45.3 Å². The molecule has 0 saturated heterocycles. The molecule has 0 aromatic rings. The Balaban J connectivity index is 0. The number of guanidine groups is 1. The lowest BCUT2D eigenvalue weighted by atomic mass is 10.1. The van der Waals surface area contributed by atoms with E-state index in [1.807, 2.05) is 0 Å². The Morgan fingerprint density at radius 2 is 1.90 bits per heavy atom. The minimum Gasteiger partial charge on any atom is -0.480 e. The molecule has 0 aliphatic carbocycles. The second kappa shape index (κ2) is 9.24. The van der Waals surface area contributed by atoms with Crippen molar-refractivity contribution in [2.75, 3.05) is 6.54 Å². The van der Waals surface area contributed by atoms with Crippen LogP contribution in [0.1, 0.15) is 33.6 Å². The molecule has 1 unspecified atom stereocenters. The maximum atomic E-state index is 11.5. The number of hydrogen-bond acceptors (Lipinski definition) is 4. The van der Waals surface area contributed by atoms with E-state index in [0.717, 1.165) is 0 Å². The number of halogens is 1. The second-order valence-electron chi connectivity index (χ2n) is 4.99. The maximum absolute atomic E-state index is 11.5. The van der Waals surface area contributed by atoms with E-state index in [1.165, 1.54) is 0 Å². The SMILES string of the molecule is CC(C)(C)OC(=O)NC(CCCN=C(N)N)C(=O)O.Cl. The summed E-state index contributed by atoms with van der Waals surface area (Å²) in [6, 6.07) is -1.02. The van der Waals surface area contributed by atoms with Gasteiger partial charge < -0.3 is 26.6 Å². The van der Waals surface area contributed by atoms with Gasteiger partial charge in [-0.1, -0.05) is 0 Å². The summed E-state index contributed by atoms with van der Waals surface area (Å²) >= 11 is 0. The van der Waals surface area contributed by atoms with Gasteiger partial charge in [-0.05, 0) is 33.6 Å². The quantitative estimate of drug-likeness (QED) is 0.319. The van der Waals surface area contributed by atoms with Crippen molar-refractivity contribution in [3.63, 3.8) is 0 Å². The number of hydrogen-bond donors (Lipinski definition) is 4. The van der Waals surface area contributed by atoms with Crippen LogP contribution in [0.5, 0.6) is 0 Å². The summed E-state index contributed by atoms with van der Waals surface area (Å²) in [7, 11) is 0. The van der Waals surface area contributed by atoms with Crippen LogP contribution in [0.2, 0.25) is 0 Å². The predicted octanol–water partition coefficient (Wildman–Crippen LogP) is 0.440. The molecule has 1 atom stereocenters. The number of aliphatic imine (C=N–C) groups is 1. The van der Waals surface area contributed by atoms with E-state index in [4.69, 9.17) is 21.3 Å². The fourth-order valence-corrected chi connectivity index (χ4v) is 1.21. The van der Waals surface area contributed by atoms with Crippen LogP contribution >= 0.6 is 12.4 Å². The van der Waals surface area contributed by atoms with Crippen molar-refractivity contribution < 1.29 is 19.4 Å². The molecule has 0 aliphatic heterocycles. The molecule has 0 saturated carbocycles. The zero-order chi connectivity index (χ0) is 15.1. The Kier molecular flexibility index (Phi) is 9.53. The van der Waals surface area contributed by atoms with Gasteiger partial charge in [-0.15, -0.1) is 12.4 Å². The van der Waals surface area contributed by atoms with Crippen molar-refractivity contribution in [1.82, 2.24) is 5.32 Å². The summed E-state index contributed by atoms with van der Waals surface area (Å²) in [6.45, 7) is 5.39. The molecule has 0 aliphatic rings. The van der Waals surface area contributed by atoms with Gasteiger partial charge in [-0.3, -0.25) is 4.99 Å². The molecule has 20 heavy (non-hydrogen) atoms. The Morgan fingerprint density at radius 1 is 1.35 bits per heavy atom. The van der Waals surface area contributed by atoms with E-state index < -0.39 is 23.7 Å². The van der Waals surface area contributed by atoms with E-state index in [0.29, 0.717) is 13.0 Å². The number of carbonyl (C=O) groups is 2. The normalized spacial score (nSPS) is 11.8. The molecule has 0 rings (SSSR count). The average Bonchev–Trinajstić information content (AvgIpc) is 2.19. The third kappa shape index (κ3) is 11.4. The van der Waals surface area contributed by atoms with Crippen LogP contribution in [0, 0.1) is 0 Å². The molecule has 1 amide bonds. The van der Waals surface area contributed by atoms with Crippen LogP contribution in [0.25, 0.3) is 0 Å². The van der Waals surface area contributed by atoms with E-state index in [-0.39, 0.29) is 24.8 Å². The number of amides is 1. The van der Waals surface area contributed by atoms with Gasteiger partial charge in [0.1, 0.15) is 11.6 Å². The number of rotatable bonds is 6. The number of alkyl carbamates (subject to hydrolysis) is 1. The molecule has 8 nitrogen and oxygen atoms in total. The smallest absolute Gasteiger partial charge is 0.408 e. The molecule has 0 fully saturated rings. The molecule has 0 aromatic carbocycles. The fourth-order valence-electron chi connectivity index (χ4n) is 1.21. The van der Waals surface area contributed by atoms with Gasteiger partial charge in [0.2, 0.25) is 0 Å². The van der Waals surface area contributed by atoms with Crippen LogP contribution in [-0.4, -0.2) is 41.3 Å². The first-order chi connectivity index (χ1) is 8.61. The van der Waals surface area contributed by atoms with Crippen molar-refractivity contribution in [2.24, 2.45) is 16.5 Å². The first-order valence-corrected chi connectivity index (χ1v) is 5.89. The molecule has 9 heteroatoms. The topological polar surface area (TPSA) is 140 Å². The average molecular weight is 311 g/mol. The highest BCUT2D eigenvalue weighted by Gasteiger charge is 2.23. The molecule has 0 bridgehead atoms. The van der Waals surface area contributed by atoms with Crippen LogP contribution < -0.4 is 16.8 Å². The highest BCUT2D eigenvalue weighted by Crippen LogP contribution is 2.07. The fraction of sp³-hybridized carbons (Fsp3) is 0.727. The Morgan fingerprint density at radius 3 is 2.30 bits per heavy atom. The van der Waals surface area contributed by atoms with Gasteiger partial charge in [0.05, 0.1) is 0 Å². The standard InChI is InChI=1S/C11H22N4O4.ClH/c1-11(2,3)19-10(18)15-7(8(16)17)5-4-6-14-9(12)13;/h7H,4-6H2,1-3H3,(H,15,18)(H,16,17)(H4,12,13,14);1H. The van der Waals surface area contributed by atoms with Gasteiger partial charge in [0.15, 0.2) is 5.96 Å². The van der Waals surface area contributed by atoms with Gasteiger partial charge >= 0.3 is 12.1 Å². The third-order valence-corrected chi connectivity index (χ3v) is 1.93. The maximum Gasteiger partial charge on any atom is 0.408 e. The van der Waals surface area contributed by atoms with E-state index in [9.17, 15) is 9.59 Å². The molecular weight excluding hydrogens is 288 g/mol. The summed E-state index contributed by atoms with van der Waals surface area (Å²) in [5, 5.41) is 11.3. The first-order valence-electron chi connectivity index (χ1n) is 5.89. The summed E-state index contributed by atoms with van der Waals surface area (Å²) in [5.74, 6) is -1.18. The third-order valence-electron chi connectivity index (χ3n) is 1.93. The van der Waals surface area contributed by atoms with Crippen LogP contribution in [-0.2, 0) is 9.53 Å². The first kappa shape index (κ1) is 20.6.